The van der Waals surface area contributed by atoms with Crippen molar-refractivity contribution in [3.8, 4) is 11.4 Å². The molecule has 7 rings (SSSR count). The van der Waals surface area contributed by atoms with Crippen LogP contribution in [0.2, 0.25) is 0 Å². The Kier molecular flexibility index (Phi) is 4.61. The van der Waals surface area contributed by atoms with Crippen LogP contribution in [0.25, 0.3) is 44.1 Å². The maximum atomic E-state index is 13.2. The number of rotatable bonds is 4. The van der Waals surface area contributed by atoms with Gasteiger partial charge in [0.25, 0.3) is 0 Å². The van der Waals surface area contributed by atoms with Crippen LogP contribution in [-0.2, 0) is 0 Å². The van der Waals surface area contributed by atoms with Crippen LogP contribution in [0.15, 0.2) is 134 Å². The molecule has 0 atom stereocenters. The largest absolute Gasteiger partial charge is 0.315 e. The van der Waals surface area contributed by atoms with E-state index in [1.165, 1.54) is 16.3 Å². The zero-order valence-electron chi connectivity index (χ0n) is 19.5. The SMILES string of the molecule is O=C(c1ccccc1)c1cccc(-n2ccc3ccc4c5ccccc5n(-c5ccccc5)c4c32)c1. The summed E-state index contributed by atoms with van der Waals surface area (Å²) >= 11 is 0. The van der Waals surface area contributed by atoms with Crippen LogP contribution in [-0.4, -0.2) is 14.9 Å². The molecule has 0 unspecified atom stereocenters. The zero-order chi connectivity index (χ0) is 24.1. The first-order valence-electron chi connectivity index (χ1n) is 12.1. The Morgan fingerprint density at radius 1 is 0.528 bits per heavy atom. The summed E-state index contributed by atoms with van der Waals surface area (Å²) in [6.45, 7) is 0. The summed E-state index contributed by atoms with van der Waals surface area (Å²) < 4.78 is 4.56. The molecule has 2 heterocycles. The van der Waals surface area contributed by atoms with Gasteiger partial charge in [0.15, 0.2) is 5.78 Å². The molecule has 0 saturated heterocycles. The quantitative estimate of drug-likeness (QED) is 0.244. The Morgan fingerprint density at radius 3 is 2.06 bits per heavy atom. The van der Waals surface area contributed by atoms with Gasteiger partial charge >= 0.3 is 0 Å². The van der Waals surface area contributed by atoms with Gasteiger partial charge in [-0.15, -0.1) is 0 Å². The van der Waals surface area contributed by atoms with Crippen molar-refractivity contribution in [2.24, 2.45) is 0 Å². The predicted octanol–water partition coefficient (Wildman–Crippen LogP) is 7.96. The number of carbonyl (C=O) groups excluding carboxylic acids is 1. The first kappa shape index (κ1) is 20.5. The van der Waals surface area contributed by atoms with Crippen molar-refractivity contribution in [1.82, 2.24) is 9.13 Å². The molecule has 5 aromatic carbocycles. The molecule has 0 aliphatic heterocycles. The third-order valence-electron chi connectivity index (χ3n) is 6.92. The van der Waals surface area contributed by atoms with Crippen molar-refractivity contribution in [3.63, 3.8) is 0 Å². The van der Waals surface area contributed by atoms with Gasteiger partial charge in [0.05, 0.1) is 16.6 Å². The fourth-order valence-corrected chi connectivity index (χ4v) is 5.29. The van der Waals surface area contributed by atoms with E-state index in [0.29, 0.717) is 11.1 Å². The second-order valence-corrected chi connectivity index (χ2v) is 9.02. The number of aromatic nitrogens is 2. The van der Waals surface area contributed by atoms with Gasteiger partial charge in [-0.05, 0) is 36.4 Å². The number of carbonyl (C=O) groups is 1. The number of ketones is 1. The van der Waals surface area contributed by atoms with Crippen LogP contribution < -0.4 is 0 Å². The molecule has 170 valence electrons. The van der Waals surface area contributed by atoms with Gasteiger partial charge in [-0.25, -0.2) is 0 Å². The lowest BCUT2D eigenvalue weighted by Gasteiger charge is -2.12. The van der Waals surface area contributed by atoms with Crippen molar-refractivity contribution in [3.05, 3.63) is 145 Å². The minimum atomic E-state index is 0.0254. The fourth-order valence-electron chi connectivity index (χ4n) is 5.29. The topological polar surface area (TPSA) is 26.9 Å². The Balaban J connectivity index is 1.52. The molecule has 0 fully saturated rings. The molecule has 0 saturated carbocycles. The third-order valence-corrected chi connectivity index (χ3v) is 6.92. The Bertz CT molecular complexity index is 1890. The molecule has 0 bridgehead atoms. The lowest BCUT2D eigenvalue weighted by atomic mass is 10.0. The molecule has 0 amide bonds. The number of benzene rings is 5. The molecule has 36 heavy (non-hydrogen) atoms. The van der Waals surface area contributed by atoms with E-state index in [0.717, 1.165) is 27.8 Å². The van der Waals surface area contributed by atoms with Crippen molar-refractivity contribution in [2.75, 3.05) is 0 Å². The van der Waals surface area contributed by atoms with Crippen LogP contribution in [0.3, 0.4) is 0 Å². The van der Waals surface area contributed by atoms with Crippen molar-refractivity contribution in [2.45, 2.75) is 0 Å². The maximum Gasteiger partial charge on any atom is 0.193 e. The van der Waals surface area contributed by atoms with Crippen LogP contribution >= 0.6 is 0 Å². The summed E-state index contributed by atoms with van der Waals surface area (Å²) in [4.78, 5) is 13.2. The summed E-state index contributed by atoms with van der Waals surface area (Å²) in [5.74, 6) is 0.0254. The second kappa shape index (κ2) is 8.10. The number of hydrogen-bond donors (Lipinski definition) is 0. The molecule has 3 heteroatoms. The van der Waals surface area contributed by atoms with Crippen LogP contribution in [0.5, 0.6) is 0 Å². The maximum absolute atomic E-state index is 13.2. The summed E-state index contributed by atoms with van der Waals surface area (Å²) in [5.41, 5.74) is 6.91. The summed E-state index contributed by atoms with van der Waals surface area (Å²) in [5, 5.41) is 3.58. The number of fused-ring (bicyclic) bond motifs is 5. The standard InChI is InChI=1S/C33H22N2O/c36-33(24-10-3-1-4-11-24)25-12-9-15-27(22-25)34-21-20-23-18-19-29-28-16-7-8-17-30(28)35(32(29)31(23)34)26-13-5-2-6-14-26/h1-22H. The average Bonchev–Trinajstić information content (AvgIpc) is 3.53. The first-order chi connectivity index (χ1) is 17.8. The van der Waals surface area contributed by atoms with E-state index in [1.54, 1.807) is 0 Å². The fraction of sp³-hybridized carbons (Fsp3) is 0. The van der Waals surface area contributed by atoms with Gasteiger partial charge in [-0.2, -0.15) is 0 Å². The highest BCUT2D eigenvalue weighted by Crippen LogP contribution is 2.37. The predicted molar refractivity (Wildman–Crippen MR) is 147 cm³/mol. The van der Waals surface area contributed by atoms with E-state index in [9.17, 15) is 4.79 Å². The molecule has 2 aromatic heterocycles. The van der Waals surface area contributed by atoms with Gasteiger partial charge in [0, 0.05) is 44.9 Å². The molecule has 0 aliphatic carbocycles. The summed E-state index contributed by atoms with van der Waals surface area (Å²) in [6, 6.07) is 43.0. The first-order valence-corrected chi connectivity index (χ1v) is 12.1. The van der Waals surface area contributed by atoms with Crippen molar-refractivity contribution in [1.29, 1.82) is 0 Å². The summed E-state index contributed by atoms with van der Waals surface area (Å²) in [7, 11) is 0. The van der Waals surface area contributed by atoms with Gasteiger partial charge in [-0.3, -0.25) is 4.79 Å². The van der Waals surface area contributed by atoms with Crippen LogP contribution in [0.4, 0.5) is 0 Å². The van der Waals surface area contributed by atoms with Crippen molar-refractivity contribution >= 4 is 38.5 Å². The number of hydrogen-bond acceptors (Lipinski definition) is 1. The molecular weight excluding hydrogens is 440 g/mol. The molecule has 0 radical (unpaired) electrons. The molecular formula is C33H22N2O. The second-order valence-electron chi connectivity index (χ2n) is 9.02. The third kappa shape index (κ3) is 3.10. The van der Waals surface area contributed by atoms with E-state index < -0.39 is 0 Å². The highest BCUT2D eigenvalue weighted by molar-refractivity contribution is 6.18. The van der Waals surface area contributed by atoms with E-state index in [-0.39, 0.29) is 5.78 Å². The van der Waals surface area contributed by atoms with E-state index in [2.05, 4.69) is 88.1 Å². The lowest BCUT2D eigenvalue weighted by Crippen LogP contribution is -2.03. The van der Waals surface area contributed by atoms with Crippen LogP contribution in [0.1, 0.15) is 15.9 Å². The monoisotopic (exact) mass is 462 g/mol. The Labute approximate surface area is 208 Å². The van der Waals surface area contributed by atoms with E-state index in [4.69, 9.17) is 0 Å². The van der Waals surface area contributed by atoms with Gasteiger partial charge < -0.3 is 9.13 Å². The zero-order valence-corrected chi connectivity index (χ0v) is 19.5. The highest BCUT2D eigenvalue weighted by Gasteiger charge is 2.18. The lowest BCUT2D eigenvalue weighted by molar-refractivity contribution is 0.103. The molecule has 0 spiro atoms. The van der Waals surface area contributed by atoms with Crippen LogP contribution in [0, 0.1) is 0 Å². The summed E-state index contributed by atoms with van der Waals surface area (Å²) in [6.07, 6.45) is 2.10. The van der Waals surface area contributed by atoms with E-state index >= 15 is 0 Å². The molecule has 3 nitrogen and oxygen atoms in total. The Hall–Kier alpha value is -4.89. The van der Waals surface area contributed by atoms with Crippen molar-refractivity contribution < 1.29 is 4.79 Å². The van der Waals surface area contributed by atoms with Gasteiger partial charge in [-0.1, -0.05) is 91.0 Å². The normalized spacial score (nSPS) is 11.4. The molecule has 0 aliphatic rings. The van der Waals surface area contributed by atoms with Gasteiger partial charge in [0.2, 0.25) is 0 Å². The highest BCUT2D eigenvalue weighted by atomic mass is 16.1. The molecule has 0 N–H and O–H groups in total. The van der Waals surface area contributed by atoms with Gasteiger partial charge in [0.1, 0.15) is 0 Å². The smallest absolute Gasteiger partial charge is 0.193 e. The number of para-hydroxylation sites is 2. The number of nitrogens with zero attached hydrogens (tertiary/aromatic N) is 2. The minimum Gasteiger partial charge on any atom is -0.315 e. The molecule has 7 aromatic rings. The van der Waals surface area contributed by atoms with E-state index in [1.807, 2.05) is 54.6 Å². The Morgan fingerprint density at radius 2 is 1.22 bits per heavy atom. The average molecular weight is 463 g/mol. The minimum absolute atomic E-state index is 0.0254.